The van der Waals surface area contributed by atoms with Crippen LogP contribution in [0.2, 0.25) is 0 Å². The van der Waals surface area contributed by atoms with Gasteiger partial charge in [0.1, 0.15) is 23.4 Å². The normalized spacial score (nSPS) is 21.0. The molecule has 0 bridgehead atoms. The lowest BCUT2D eigenvalue weighted by atomic mass is 9.94. The summed E-state index contributed by atoms with van der Waals surface area (Å²) >= 11 is 0. The molecule has 1 amide bonds. The Hall–Kier alpha value is -4.07. The van der Waals surface area contributed by atoms with E-state index in [9.17, 15) is 19.8 Å². The highest BCUT2D eigenvalue weighted by atomic mass is 16.5. The fourth-order valence-electron chi connectivity index (χ4n) is 4.72. The number of phenols is 1. The Morgan fingerprint density at radius 2 is 2.03 bits per heavy atom. The minimum absolute atomic E-state index is 0.0187. The van der Waals surface area contributed by atoms with Gasteiger partial charge in [-0.05, 0) is 54.8 Å². The number of aryl methyl sites for hydroxylation is 1. The van der Waals surface area contributed by atoms with E-state index in [-0.39, 0.29) is 23.2 Å². The molecule has 8 nitrogen and oxygen atoms in total. The molecule has 1 aromatic heterocycles. The molecular formula is C26H25N3O5. The van der Waals surface area contributed by atoms with Crippen LogP contribution in [0.15, 0.2) is 66.8 Å². The SMILES string of the molecule is CC1Cc2cc(/C(O)=C3\C(=O)C(=O)N(CCCn4ccnc4)C3c3cccc(O)c3)ccc2O1. The number of imidazole rings is 1. The number of Topliss-reactive ketones (excluding diaryl/α,β-unsaturated/α-hetero) is 1. The molecule has 2 atom stereocenters. The second-order valence-electron chi connectivity index (χ2n) is 8.70. The summed E-state index contributed by atoms with van der Waals surface area (Å²) in [6.07, 6.45) is 6.54. The monoisotopic (exact) mass is 459 g/mol. The predicted octanol–water partition coefficient (Wildman–Crippen LogP) is 3.42. The van der Waals surface area contributed by atoms with Crippen LogP contribution in [0, 0.1) is 0 Å². The van der Waals surface area contributed by atoms with Crippen molar-refractivity contribution in [2.75, 3.05) is 6.54 Å². The highest BCUT2D eigenvalue weighted by molar-refractivity contribution is 6.46. The molecule has 0 radical (unpaired) electrons. The number of hydrogen-bond donors (Lipinski definition) is 2. The average Bonchev–Trinajstić information content (AvgIpc) is 3.52. The first-order valence-electron chi connectivity index (χ1n) is 11.3. The van der Waals surface area contributed by atoms with E-state index in [1.165, 1.54) is 17.0 Å². The van der Waals surface area contributed by atoms with Crippen LogP contribution in [0.1, 0.15) is 36.1 Å². The lowest BCUT2D eigenvalue weighted by Gasteiger charge is -2.25. The van der Waals surface area contributed by atoms with E-state index < -0.39 is 17.7 Å². The van der Waals surface area contributed by atoms with Gasteiger partial charge in [-0.3, -0.25) is 9.59 Å². The van der Waals surface area contributed by atoms with Crippen molar-refractivity contribution in [3.05, 3.63) is 83.4 Å². The van der Waals surface area contributed by atoms with Crippen LogP contribution in [0.25, 0.3) is 5.76 Å². The van der Waals surface area contributed by atoms with E-state index in [0.717, 1.165) is 11.3 Å². The maximum absolute atomic E-state index is 13.2. The standard InChI is InChI=1S/C26H25N3O5/c1-16-12-19-13-18(6-7-21(19)34-16)24(31)22-23(17-4-2-5-20(30)14-17)29(26(33)25(22)32)10-3-9-28-11-8-27-15-28/h2,4-8,11,13-16,23,30-31H,3,9-10,12H2,1H3/b24-22+. The van der Waals surface area contributed by atoms with E-state index in [1.807, 2.05) is 17.7 Å². The van der Waals surface area contributed by atoms with Gasteiger partial charge in [0.25, 0.3) is 11.7 Å². The zero-order valence-corrected chi connectivity index (χ0v) is 18.7. The number of ketones is 1. The number of aromatic hydroxyl groups is 1. The number of ether oxygens (including phenoxy) is 1. The van der Waals surface area contributed by atoms with Crippen LogP contribution < -0.4 is 4.74 Å². The number of hydrogen-bond acceptors (Lipinski definition) is 6. The van der Waals surface area contributed by atoms with Gasteiger partial charge in [-0.2, -0.15) is 0 Å². The zero-order valence-electron chi connectivity index (χ0n) is 18.7. The maximum atomic E-state index is 13.2. The molecule has 34 heavy (non-hydrogen) atoms. The van der Waals surface area contributed by atoms with E-state index >= 15 is 0 Å². The Bertz CT molecular complexity index is 1280. The molecular weight excluding hydrogens is 434 g/mol. The molecule has 3 heterocycles. The van der Waals surface area contributed by atoms with Crippen molar-refractivity contribution in [1.82, 2.24) is 14.5 Å². The second-order valence-corrected chi connectivity index (χ2v) is 8.70. The number of likely N-dealkylation sites (tertiary alicyclic amines) is 1. The summed E-state index contributed by atoms with van der Waals surface area (Å²) in [6.45, 7) is 2.89. The predicted molar refractivity (Wildman–Crippen MR) is 124 cm³/mol. The van der Waals surface area contributed by atoms with E-state index in [0.29, 0.717) is 37.1 Å². The molecule has 2 aromatic carbocycles. The Kier molecular flexibility index (Phi) is 5.57. The van der Waals surface area contributed by atoms with Crippen molar-refractivity contribution < 1.29 is 24.5 Å². The lowest BCUT2D eigenvalue weighted by Crippen LogP contribution is -2.31. The summed E-state index contributed by atoms with van der Waals surface area (Å²) in [5.74, 6) is -0.859. The molecule has 3 aromatic rings. The number of nitrogens with zero attached hydrogens (tertiary/aromatic N) is 3. The van der Waals surface area contributed by atoms with Gasteiger partial charge in [0.05, 0.1) is 17.9 Å². The zero-order chi connectivity index (χ0) is 23.8. The number of aromatic nitrogens is 2. The van der Waals surface area contributed by atoms with Gasteiger partial charge < -0.3 is 24.4 Å². The molecule has 1 fully saturated rings. The second kappa shape index (κ2) is 8.70. The lowest BCUT2D eigenvalue weighted by molar-refractivity contribution is -0.139. The Labute approximate surface area is 196 Å². The van der Waals surface area contributed by atoms with Gasteiger partial charge in [-0.25, -0.2) is 4.98 Å². The third-order valence-corrected chi connectivity index (χ3v) is 6.27. The first kappa shape index (κ1) is 21.8. The molecule has 1 saturated heterocycles. The highest BCUT2D eigenvalue weighted by Crippen LogP contribution is 2.41. The highest BCUT2D eigenvalue weighted by Gasteiger charge is 2.46. The van der Waals surface area contributed by atoms with Crippen LogP contribution in [-0.2, 0) is 22.6 Å². The first-order valence-corrected chi connectivity index (χ1v) is 11.3. The van der Waals surface area contributed by atoms with Crippen LogP contribution in [-0.4, -0.2) is 49.0 Å². The molecule has 0 aliphatic carbocycles. The summed E-state index contributed by atoms with van der Waals surface area (Å²) in [4.78, 5) is 31.7. The summed E-state index contributed by atoms with van der Waals surface area (Å²) in [7, 11) is 0. The molecule has 174 valence electrons. The molecule has 0 saturated carbocycles. The Morgan fingerprint density at radius 1 is 1.18 bits per heavy atom. The van der Waals surface area contributed by atoms with Gasteiger partial charge in [0, 0.05) is 37.5 Å². The number of rotatable bonds is 6. The summed E-state index contributed by atoms with van der Waals surface area (Å²) < 4.78 is 7.64. The molecule has 8 heteroatoms. The molecule has 2 aliphatic heterocycles. The van der Waals surface area contributed by atoms with Gasteiger partial charge in [-0.1, -0.05) is 12.1 Å². The van der Waals surface area contributed by atoms with Gasteiger partial charge in [0.15, 0.2) is 0 Å². The first-order chi connectivity index (χ1) is 16.4. The number of benzene rings is 2. The fourth-order valence-corrected chi connectivity index (χ4v) is 4.72. The van der Waals surface area contributed by atoms with E-state index in [1.54, 1.807) is 42.9 Å². The largest absolute Gasteiger partial charge is 0.508 e. The number of carbonyl (C=O) groups is 2. The van der Waals surface area contributed by atoms with E-state index in [4.69, 9.17) is 4.74 Å². The van der Waals surface area contributed by atoms with E-state index in [2.05, 4.69) is 4.98 Å². The Balaban J connectivity index is 1.53. The summed E-state index contributed by atoms with van der Waals surface area (Å²) in [5, 5.41) is 21.3. The third kappa shape index (κ3) is 3.91. The van der Waals surface area contributed by atoms with Gasteiger partial charge >= 0.3 is 0 Å². The van der Waals surface area contributed by atoms with Gasteiger partial charge in [-0.15, -0.1) is 0 Å². The summed E-state index contributed by atoms with van der Waals surface area (Å²) in [5.41, 5.74) is 1.98. The van der Waals surface area contributed by atoms with Crippen molar-refractivity contribution in [2.45, 2.75) is 38.5 Å². The Morgan fingerprint density at radius 3 is 2.79 bits per heavy atom. The quantitative estimate of drug-likeness (QED) is 0.333. The number of aliphatic hydroxyl groups excluding tert-OH is 1. The number of phenolic OH excluding ortho intramolecular Hbond substituents is 1. The average molecular weight is 460 g/mol. The number of amides is 1. The smallest absolute Gasteiger partial charge is 0.295 e. The van der Waals surface area contributed by atoms with Gasteiger partial charge in [0.2, 0.25) is 0 Å². The number of carbonyl (C=O) groups excluding carboxylic acids is 2. The number of aliphatic hydroxyl groups is 1. The van der Waals surface area contributed by atoms with Crippen molar-refractivity contribution in [3.63, 3.8) is 0 Å². The van der Waals surface area contributed by atoms with Crippen LogP contribution in [0.3, 0.4) is 0 Å². The van der Waals surface area contributed by atoms with Crippen molar-refractivity contribution >= 4 is 17.4 Å². The van der Waals surface area contributed by atoms with Crippen molar-refractivity contribution in [2.24, 2.45) is 0 Å². The minimum Gasteiger partial charge on any atom is -0.508 e. The minimum atomic E-state index is -0.807. The maximum Gasteiger partial charge on any atom is 0.295 e. The fraction of sp³-hybridized carbons (Fsp3) is 0.269. The molecule has 2 aliphatic rings. The summed E-state index contributed by atoms with van der Waals surface area (Å²) in [6, 6.07) is 10.9. The van der Waals surface area contributed by atoms with Crippen LogP contribution in [0.4, 0.5) is 0 Å². The van der Waals surface area contributed by atoms with Crippen LogP contribution >= 0.6 is 0 Å². The molecule has 0 spiro atoms. The molecule has 5 rings (SSSR count). The topological polar surface area (TPSA) is 105 Å². The number of fused-ring (bicyclic) bond motifs is 1. The van der Waals surface area contributed by atoms with Crippen molar-refractivity contribution in [1.29, 1.82) is 0 Å². The van der Waals surface area contributed by atoms with Crippen LogP contribution in [0.5, 0.6) is 11.5 Å². The molecule has 2 unspecified atom stereocenters. The third-order valence-electron chi connectivity index (χ3n) is 6.27. The van der Waals surface area contributed by atoms with Crippen molar-refractivity contribution in [3.8, 4) is 11.5 Å². The molecule has 2 N–H and O–H groups in total.